The predicted octanol–water partition coefficient (Wildman–Crippen LogP) is 1.67. The maximum Gasteiger partial charge on any atom is 0.308 e. The summed E-state index contributed by atoms with van der Waals surface area (Å²) < 4.78 is 9.87. The van der Waals surface area contributed by atoms with Crippen LogP contribution in [0.4, 0.5) is 0 Å². The molecule has 1 aromatic carbocycles. The van der Waals surface area contributed by atoms with Gasteiger partial charge in [0.05, 0.1) is 0 Å². The topological polar surface area (TPSA) is 69.7 Å². The summed E-state index contributed by atoms with van der Waals surface area (Å²) in [6.45, 7) is 3.97. The zero-order chi connectivity index (χ0) is 13.7. The maximum absolute atomic E-state index is 11.1. The number of esters is 2. The molecule has 0 aliphatic carbocycles. The van der Waals surface area contributed by atoms with Crippen LogP contribution in [0.15, 0.2) is 18.2 Å². The second-order valence-corrected chi connectivity index (χ2v) is 3.84. The number of rotatable bonds is 4. The molecule has 0 heterocycles. The van der Waals surface area contributed by atoms with Crippen LogP contribution in [0.5, 0.6) is 11.5 Å². The summed E-state index contributed by atoms with van der Waals surface area (Å²) >= 11 is 0. The molecule has 0 bridgehead atoms. The van der Waals surface area contributed by atoms with Gasteiger partial charge in [0.1, 0.15) is 17.3 Å². The molecule has 0 saturated heterocycles. The van der Waals surface area contributed by atoms with Crippen LogP contribution in [0.2, 0.25) is 0 Å². The van der Waals surface area contributed by atoms with Crippen molar-refractivity contribution < 1.29 is 23.9 Å². The van der Waals surface area contributed by atoms with Crippen LogP contribution in [-0.4, -0.2) is 17.7 Å². The van der Waals surface area contributed by atoms with Gasteiger partial charge in [-0.2, -0.15) is 0 Å². The molecule has 0 radical (unpaired) electrons. The van der Waals surface area contributed by atoms with Crippen molar-refractivity contribution in [3.05, 3.63) is 23.8 Å². The fourth-order valence-electron chi connectivity index (χ4n) is 1.43. The summed E-state index contributed by atoms with van der Waals surface area (Å²) in [5.41, 5.74) is 0.577. The van der Waals surface area contributed by atoms with Crippen molar-refractivity contribution in [1.82, 2.24) is 0 Å². The molecule has 0 saturated carbocycles. The van der Waals surface area contributed by atoms with Crippen molar-refractivity contribution in [2.24, 2.45) is 0 Å². The van der Waals surface area contributed by atoms with Crippen LogP contribution in [-0.2, 0) is 20.8 Å². The highest BCUT2D eigenvalue weighted by molar-refractivity contribution is 5.80. The number of hydrogen-bond acceptors (Lipinski definition) is 5. The zero-order valence-corrected chi connectivity index (χ0v) is 10.5. The van der Waals surface area contributed by atoms with Crippen LogP contribution >= 0.6 is 0 Å². The third-order valence-corrected chi connectivity index (χ3v) is 1.99. The van der Waals surface area contributed by atoms with E-state index in [1.165, 1.54) is 26.8 Å². The number of ketones is 1. The van der Waals surface area contributed by atoms with Crippen molar-refractivity contribution in [3.8, 4) is 11.5 Å². The molecule has 0 spiro atoms. The lowest BCUT2D eigenvalue weighted by Gasteiger charge is -2.09. The van der Waals surface area contributed by atoms with Gasteiger partial charge in [0.25, 0.3) is 0 Å². The molecule has 0 N–H and O–H groups in total. The summed E-state index contributed by atoms with van der Waals surface area (Å²) in [6, 6.07) is 4.56. The van der Waals surface area contributed by atoms with Crippen LogP contribution < -0.4 is 9.47 Å². The Hall–Kier alpha value is -2.17. The standard InChI is InChI=1S/C13H14O5/c1-8(14)6-11-4-5-12(17-9(2)15)7-13(11)18-10(3)16/h4-5,7H,6H2,1-3H3. The van der Waals surface area contributed by atoms with Crippen molar-refractivity contribution in [2.75, 3.05) is 0 Å². The van der Waals surface area contributed by atoms with E-state index in [9.17, 15) is 14.4 Å². The number of carbonyl (C=O) groups excluding carboxylic acids is 3. The number of hydrogen-bond donors (Lipinski definition) is 0. The third-order valence-electron chi connectivity index (χ3n) is 1.99. The first-order valence-electron chi connectivity index (χ1n) is 5.37. The number of benzene rings is 1. The second kappa shape index (κ2) is 5.95. The Kier molecular flexibility index (Phi) is 4.59. The number of ether oxygens (including phenoxy) is 2. The fraction of sp³-hybridized carbons (Fsp3) is 0.308. The van der Waals surface area contributed by atoms with Gasteiger partial charge in [-0.3, -0.25) is 14.4 Å². The summed E-state index contributed by atoms with van der Waals surface area (Å²) in [4.78, 5) is 32.9. The fourth-order valence-corrected chi connectivity index (χ4v) is 1.43. The smallest absolute Gasteiger partial charge is 0.308 e. The van der Waals surface area contributed by atoms with Crippen molar-refractivity contribution in [3.63, 3.8) is 0 Å². The van der Waals surface area contributed by atoms with Crippen LogP contribution in [0.3, 0.4) is 0 Å². The molecule has 96 valence electrons. The second-order valence-electron chi connectivity index (χ2n) is 3.84. The highest BCUT2D eigenvalue weighted by atomic mass is 16.5. The van der Waals surface area contributed by atoms with Crippen LogP contribution in [0.25, 0.3) is 0 Å². The van der Waals surface area contributed by atoms with Gasteiger partial charge in [0.15, 0.2) is 0 Å². The van der Waals surface area contributed by atoms with E-state index in [0.717, 1.165) is 0 Å². The zero-order valence-electron chi connectivity index (χ0n) is 10.5. The minimum Gasteiger partial charge on any atom is -0.427 e. The Morgan fingerprint density at radius 3 is 2.11 bits per heavy atom. The molecule has 1 aromatic rings. The Morgan fingerprint density at radius 2 is 1.61 bits per heavy atom. The first-order chi connectivity index (χ1) is 8.38. The van der Waals surface area contributed by atoms with Crippen molar-refractivity contribution in [2.45, 2.75) is 27.2 Å². The first kappa shape index (κ1) is 13.9. The van der Waals surface area contributed by atoms with Crippen LogP contribution in [0, 0.1) is 0 Å². The SMILES string of the molecule is CC(=O)Cc1ccc(OC(C)=O)cc1OC(C)=O. The minimum absolute atomic E-state index is 0.0522. The van der Waals surface area contributed by atoms with E-state index in [4.69, 9.17) is 9.47 Å². The summed E-state index contributed by atoms with van der Waals surface area (Å²) in [7, 11) is 0. The van der Waals surface area contributed by atoms with E-state index < -0.39 is 11.9 Å². The van der Waals surface area contributed by atoms with Gasteiger partial charge in [0.2, 0.25) is 0 Å². The molecule has 5 nitrogen and oxygen atoms in total. The first-order valence-corrected chi connectivity index (χ1v) is 5.37. The normalized spacial score (nSPS) is 9.72. The Bertz CT molecular complexity index is 490. The molecule has 5 heteroatoms. The van der Waals surface area contributed by atoms with E-state index in [1.807, 2.05) is 0 Å². The molecule has 0 aliphatic heterocycles. The summed E-state index contributed by atoms with van der Waals surface area (Å²) in [5.74, 6) is -0.519. The number of Topliss-reactive ketones (excluding diaryl/α,β-unsaturated/α-hetero) is 1. The van der Waals surface area contributed by atoms with E-state index in [0.29, 0.717) is 5.56 Å². The lowest BCUT2D eigenvalue weighted by atomic mass is 10.1. The van der Waals surface area contributed by atoms with Gasteiger partial charge in [0, 0.05) is 31.9 Å². The van der Waals surface area contributed by atoms with Gasteiger partial charge in [-0.1, -0.05) is 6.07 Å². The molecule has 0 atom stereocenters. The van der Waals surface area contributed by atoms with Crippen LogP contribution in [0.1, 0.15) is 26.3 Å². The molecule has 1 rings (SSSR count). The lowest BCUT2D eigenvalue weighted by molar-refractivity contribution is -0.132. The Morgan fingerprint density at radius 1 is 1.00 bits per heavy atom. The van der Waals surface area contributed by atoms with E-state index in [2.05, 4.69) is 0 Å². The molecular formula is C13H14O5. The largest absolute Gasteiger partial charge is 0.427 e. The molecule has 0 fully saturated rings. The van der Waals surface area contributed by atoms with Gasteiger partial charge in [-0.25, -0.2) is 0 Å². The average molecular weight is 250 g/mol. The Balaban J connectivity index is 3.06. The molecule has 0 amide bonds. The molecule has 0 aromatic heterocycles. The molecular weight excluding hydrogens is 236 g/mol. The van der Waals surface area contributed by atoms with Gasteiger partial charge < -0.3 is 9.47 Å². The van der Waals surface area contributed by atoms with Gasteiger partial charge in [-0.15, -0.1) is 0 Å². The van der Waals surface area contributed by atoms with Crippen molar-refractivity contribution >= 4 is 17.7 Å². The average Bonchev–Trinajstić information content (AvgIpc) is 2.19. The maximum atomic E-state index is 11.1. The van der Waals surface area contributed by atoms with E-state index in [1.54, 1.807) is 12.1 Å². The summed E-state index contributed by atoms with van der Waals surface area (Å²) in [6.07, 6.45) is 0.156. The van der Waals surface area contributed by atoms with Gasteiger partial charge in [-0.05, 0) is 13.0 Å². The third kappa shape index (κ3) is 4.37. The quantitative estimate of drug-likeness (QED) is 0.600. The Labute approximate surface area is 105 Å². The van der Waals surface area contributed by atoms with E-state index in [-0.39, 0.29) is 23.7 Å². The van der Waals surface area contributed by atoms with Crippen molar-refractivity contribution in [1.29, 1.82) is 0 Å². The highest BCUT2D eigenvalue weighted by Gasteiger charge is 2.11. The van der Waals surface area contributed by atoms with Gasteiger partial charge >= 0.3 is 11.9 Å². The molecule has 18 heavy (non-hydrogen) atoms. The highest BCUT2D eigenvalue weighted by Crippen LogP contribution is 2.26. The summed E-state index contributed by atoms with van der Waals surface area (Å²) in [5, 5.41) is 0. The molecule has 0 aliphatic rings. The predicted molar refractivity (Wildman–Crippen MR) is 63.4 cm³/mol. The molecule has 0 unspecified atom stereocenters. The minimum atomic E-state index is -0.500. The monoisotopic (exact) mass is 250 g/mol. The number of carbonyl (C=O) groups is 3. The lowest BCUT2D eigenvalue weighted by Crippen LogP contribution is -2.07. The van der Waals surface area contributed by atoms with E-state index >= 15 is 0 Å².